The van der Waals surface area contributed by atoms with Crippen molar-refractivity contribution < 1.29 is 9.53 Å². The van der Waals surface area contributed by atoms with Crippen LogP contribution in [0.15, 0.2) is 60.7 Å². The number of hydrogen-bond acceptors (Lipinski definition) is 4. The number of para-hydroxylation sites is 1. The molecule has 0 radical (unpaired) electrons. The lowest BCUT2D eigenvalue weighted by Crippen LogP contribution is -2.53. The number of nitrogens with zero attached hydrogens (tertiary/aromatic N) is 4. The number of carbonyl (C=O) groups is 1. The summed E-state index contributed by atoms with van der Waals surface area (Å²) in [5.41, 5.74) is 3.52. The van der Waals surface area contributed by atoms with Gasteiger partial charge in [0.1, 0.15) is 5.75 Å². The molecule has 0 bridgehead atoms. The van der Waals surface area contributed by atoms with E-state index in [1.165, 1.54) is 0 Å². The molecule has 0 aliphatic carbocycles. The molecule has 1 amide bonds. The number of carbonyl (C=O) groups excluding carboxylic acids is 1. The second-order valence-corrected chi connectivity index (χ2v) is 7.41. The van der Waals surface area contributed by atoms with Gasteiger partial charge in [-0.25, -0.2) is 4.68 Å². The van der Waals surface area contributed by atoms with Crippen molar-refractivity contribution in [3.63, 3.8) is 0 Å². The first-order valence-corrected chi connectivity index (χ1v) is 9.89. The first kappa shape index (κ1) is 19.1. The van der Waals surface area contributed by atoms with Crippen LogP contribution in [0, 0.1) is 6.92 Å². The molecular weight excluding hydrogens is 364 g/mol. The zero-order chi connectivity index (χ0) is 20.4. The first-order valence-electron chi connectivity index (χ1n) is 9.89. The Morgan fingerprint density at radius 2 is 1.79 bits per heavy atom. The van der Waals surface area contributed by atoms with Crippen LogP contribution in [0.25, 0.3) is 5.69 Å². The lowest BCUT2D eigenvalue weighted by Gasteiger charge is -2.41. The second kappa shape index (κ2) is 7.99. The summed E-state index contributed by atoms with van der Waals surface area (Å²) in [5.74, 6) is 0.829. The maximum absolute atomic E-state index is 13.1. The average Bonchev–Trinajstić information content (AvgIpc) is 3.15. The van der Waals surface area contributed by atoms with Gasteiger partial charge in [0.25, 0.3) is 5.91 Å². The number of aryl methyl sites for hydroxylation is 1. The largest absolute Gasteiger partial charge is 0.497 e. The van der Waals surface area contributed by atoms with Crippen molar-refractivity contribution in [3.05, 3.63) is 72.1 Å². The minimum atomic E-state index is -0.0140. The molecule has 1 atom stereocenters. The number of ether oxygens (including phenoxy) is 1. The smallest absolute Gasteiger partial charge is 0.274 e. The molecular formula is C23H26N4O2. The summed E-state index contributed by atoms with van der Waals surface area (Å²) in [6.45, 7) is 6.22. The summed E-state index contributed by atoms with van der Waals surface area (Å²) >= 11 is 0. The number of piperazine rings is 1. The molecule has 6 heteroatoms. The summed E-state index contributed by atoms with van der Waals surface area (Å²) in [7, 11) is 1.68. The van der Waals surface area contributed by atoms with Crippen LogP contribution < -0.4 is 9.64 Å². The van der Waals surface area contributed by atoms with E-state index in [1.54, 1.807) is 7.11 Å². The number of aromatic nitrogens is 2. The van der Waals surface area contributed by atoms with Crippen LogP contribution >= 0.6 is 0 Å². The van der Waals surface area contributed by atoms with Crippen molar-refractivity contribution in [2.45, 2.75) is 19.9 Å². The highest BCUT2D eigenvalue weighted by Crippen LogP contribution is 2.25. The Balaban J connectivity index is 1.49. The number of rotatable bonds is 4. The summed E-state index contributed by atoms with van der Waals surface area (Å²) in [6, 6.07) is 20.0. The number of anilines is 1. The predicted octanol–water partition coefficient (Wildman–Crippen LogP) is 3.54. The Kier molecular flexibility index (Phi) is 5.25. The third-order valence-corrected chi connectivity index (χ3v) is 5.41. The summed E-state index contributed by atoms with van der Waals surface area (Å²) in [4.78, 5) is 17.3. The third kappa shape index (κ3) is 3.83. The topological polar surface area (TPSA) is 50.6 Å². The molecule has 4 rings (SSSR count). The van der Waals surface area contributed by atoms with Gasteiger partial charge in [0, 0.05) is 43.1 Å². The molecule has 1 aliphatic heterocycles. The Bertz CT molecular complexity index is 999. The minimum Gasteiger partial charge on any atom is -0.497 e. The van der Waals surface area contributed by atoms with Gasteiger partial charge in [0.05, 0.1) is 12.8 Å². The number of amides is 1. The van der Waals surface area contributed by atoms with E-state index in [0.717, 1.165) is 29.4 Å². The lowest BCUT2D eigenvalue weighted by atomic mass is 10.1. The number of benzene rings is 2. The monoisotopic (exact) mass is 390 g/mol. The van der Waals surface area contributed by atoms with E-state index in [2.05, 4.69) is 23.0 Å². The van der Waals surface area contributed by atoms with Crippen LogP contribution in [0.4, 0.5) is 5.69 Å². The van der Waals surface area contributed by atoms with E-state index in [9.17, 15) is 4.79 Å². The van der Waals surface area contributed by atoms with E-state index in [1.807, 2.05) is 71.1 Å². The van der Waals surface area contributed by atoms with Gasteiger partial charge in [-0.1, -0.05) is 24.3 Å². The van der Waals surface area contributed by atoms with Gasteiger partial charge >= 0.3 is 0 Å². The van der Waals surface area contributed by atoms with Crippen LogP contribution in [0.3, 0.4) is 0 Å². The highest BCUT2D eigenvalue weighted by Gasteiger charge is 2.29. The van der Waals surface area contributed by atoms with E-state index in [4.69, 9.17) is 4.74 Å². The molecule has 3 aromatic rings. The molecule has 2 aromatic carbocycles. The predicted molar refractivity (Wildman–Crippen MR) is 114 cm³/mol. The fraction of sp³-hybridized carbons (Fsp3) is 0.304. The lowest BCUT2D eigenvalue weighted by molar-refractivity contribution is 0.0720. The van der Waals surface area contributed by atoms with E-state index in [-0.39, 0.29) is 11.9 Å². The van der Waals surface area contributed by atoms with Gasteiger partial charge in [0.15, 0.2) is 5.69 Å². The normalized spacial score (nSPS) is 16.7. The van der Waals surface area contributed by atoms with Crippen LogP contribution in [0.5, 0.6) is 5.75 Å². The fourth-order valence-corrected chi connectivity index (χ4v) is 3.89. The van der Waals surface area contributed by atoms with Crippen molar-refractivity contribution in [1.29, 1.82) is 0 Å². The standard InChI is InChI=1S/C23H26N4O2/c1-17-14-22(24-27(17)19-8-5-4-6-9-19)23(28)25-12-13-26(18(2)16-25)20-10-7-11-21(15-20)29-3/h4-11,14-15,18H,12-13,16H2,1-3H3/t18-/m0/s1. The Morgan fingerprint density at radius 3 is 2.52 bits per heavy atom. The van der Waals surface area contributed by atoms with E-state index in [0.29, 0.717) is 18.8 Å². The van der Waals surface area contributed by atoms with Gasteiger partial charge < -0.3 is 14.5 Å². The molecule has 1 aliphatic rings. The first-order chi connectivity index (χ1) is 14.1. The zero-order valence-corrected chi connectivity index (χ0v) is 17.1. The van der Waals surface area contributed by atoms with Gasteiger partial charge in [-0.2, -0.15) is 5.10 Å². The zero-order valence-electron chi connectivity index (χ0n) is 17.1. The Morgan fingerprint density at radius 1 is 1.03 bits per heavy atom. The van der Waals surface area contributed by atoms with Crippen LogP contribution in [0.2, 0.25) is 0 Å². The van der Waals surface area contributed by atoms with Crippen LogP contribution in [-0.4, -0.2) is 53.4 Å². The molecule has 29 heavy (non-hydrogen) atoms. The average molecular weight is 390 g/mol. The highest BCUT2D eigenvalue weighted by molar-refractivity contribution is 5.92. The van der Waals surface area contributed by atoms with Crippen molar-refractivity contribution in [2.75, 3.05) is 31.6 Å². The van der Waals surface area contributed by atoms with Gasteiger partial charge in [0.2, 0.25) is 0 Å². The van der Waals surface area contributed by atoms with Gasteiger partial charge in [-0.3, -0.25) is 4.79 Å². The molecule has 0 unspecified atom stereocenters. The van der Waals surface area contributed by atoms with Crippen LogP contribution in [-0.2, 0) is 0 Å². The number of methoxy groups -OCH3 is 1. The molecule has 1 fully saturated rings. The SMILES string of the molecule is COc1cccc(N2CCN(C(=O)c3cc(C)n(-c4ccccc4)n3)C[C@@H]2C)c1. The molecule has 0 N–H and O–H groups in total. The van der Waals surface area contributed by atoms with Gasteiger partial charge in [-0.05, 0) is 44.2 Å². The Hall–Kier alpha value is -3.28. The fourth-order valence-electron chi connectivity index (χ4n) is 3.89. The minimum absolute atomic E-state index is 0.0140. The summed E-state index contributed by atoms with van der Waals surface area (Å²) in [5, 5.41) is 4.58. The highest BCUT2D eigenvalue weighted by atomic mass is 16.5. The molecule has 0 spiro atoms. The quantitative estimate of drug-likeness (QED) is 0.684. The van der Waals surface area contributed by atoms with Crippen molar-refractivity contribution in [1.82, 2.24) is 14.7 Å². The molecule has 1 saturated heterocycles. The summed E-state index contributed by atoms with van der Waals surface area (Å²) < 4.78 is 7.17. The van der Waals surface area contributed by atoms with E-state index >= 15 is 0 Å². The maximum atomic E-state index is 13.1. The van der Waals surface area contributed by atoms with Crippen molar-refractivity contribution in [2.24, 2.45) is 0 Å². The van der Waals surface area contributed by atoms with Crippen molar-refractivity contribution in [3.8, 4) is 11.4 Å². The maximum Gasteiger partial charge on any atom is 0.274 e. The molecule has 1 aromatic heterocycles. The summed E-state index contributed by atoms with van der Waals surface area (Å²) in [6.07, 6.45) is 0. The van der Waals surface area contributed by atoms with Gasteiger partial charge in [-0.15, -0.1) is 0 Å². The van der Waals surface area contributed by atoms with E-state index < -0.39 is 0 Å². The third-order valence-electron chi connectivity index (χ3n) is 5.41. The molecule has 2 heterocycles. The molecule has 150 valence electrons. The van der Waals surface area contributed by atoms with Crippen LogP contribution in [0.1, 0.15) is 23.1 Å². The Labute approximate surface area is 171 Å². The van der Waals surface area contributed by atoms with Crippen molar-refractivity contribution >= 4 is 11.6 Å². The second-order valence-electron chi connectivity index (χ2n) is 7.41. The number of hydrogen-bond donors (Lipinski definition) is 0. The molecule has 0 saturated carbocycles. The molecule has 6 nitrogen and oxygen atoms in total.